The molecule has 2 unspecified atom stereocenters. The first kappa shape index (κ1) is 15.7. The molecule has 0 heterocycles. The SMILES string of the molecule is CC(Sc1ccc(Cl)cc1)C(=O)NC(C)(CO)C1CC1. The van der Waals surface area contributed by atoms with E-state index in [2.05, 4.69) is 5.32 Å². The summed E-state index contributed by atoms with van der Waals surface area (Å²) in [6.45, 7) is 3.78. The van der Waals surface area contributed by atoms with Crippen molar-refractivity contribution in [2.45, 2.75) is 42.4 Å². The van der Waals surface area contributed by atoms with Crippen LogP contribution in [0.3, 0.4) is 0 Å². The summed E-state index contributed by atoms with van der Waals surface area (Å²) in [5.41, 5.74) is -0.480. The number of benzene rings is 1. The molecule has 2 rings (SSSR count). The molecule has 110 valence electrons. The third kappa shape index (κ3) is 3.90. The van der Waals surface area contributed by atoms with Crippen LogP contribution in [0.5, 0.6) is 0 Å². The van der Waals surface area contributed by atoms with Crippen molar-refractivity contribution in [2.75, 3.05) is 6.61 Å². The minimum absolute atomic E-state index is 0.0122. The molecule has 0 spiro atoms. The van der Waals surface area contributed by atoms with Crippen molar-refractivity contribution in [2.24, 2.45) is 5.92 Å². The van der Waals surface area contributed by atoms with Crippen molar-refractivity contribution >= 4 is 29.3 Å². The van der Waals surface area contributed by atoms with E-state index in [1.54, 1.807) is 0 Å². The molecule has 1 amide bonds. The molecule has 1 aliphatic carbocycles. The van der Waals surface area contributed by atoms with E-state index in [1.165, 1.54) is 11.8 Å². The molecular formula is C15H20ClNO2S. The molecule has 0 aliphatic heterocycles. The van der Waals surface area contributed by atoms with E-state index in [0.717, 1.165) is 17.7 Å². The largest absolute Gasteiger partial charge is 0.394 e. The number of hydrogen-bond donors (Lipinski definition) is 2. The van der Waals surface area contributed by atoms with Gasteiger partial charge in [-0.1, -0.05) is 11.6 Å². The lowest BCUT2D eigenvalue weighted by atomic mass is 9.97. The van der Waals surface area contributed by atoms with Gasteiger partial charge >= 0.3 is 0 Å². The van der Waals surface area contributed by atoms with Gasteiger partial charge in [0.15, 0.2) is 0 Å². The number of thioether (sulfide) groups is 1. The molecule has 2 atom stereocenters. The maximum absolute atomic E-state index is 12.3. The highest BCUT2D eigenvalue weighted by atomic mass is 35.5. The van der Waals surface area contributed by atoms with E-state index >= 15 is 0 Å². The van der Waals surface area contributed by atoms with Crippen LogP contribution in [-0.4, -0.2) is 28.4 Å². The zero-order chi connectivity index (χ0) is 14.8. The van der Waals surface area contributed by atoms with E-state index in [-0.39, 0.29) is 17.8 Å². The summed E-state index contributed by atoms with van der Waals surface area (Å²) >= 11 is 7.33. The molecule has 20 heavy (non-hydrogen) atoms. The Kier molecular flexibility index (Phi) is 4.99. The summed E-state index contributed by atoms with van der Waals surface area (Å²) in [5, 5.41) is 13.0. The summed E-state index contributed by atoms with van der Waals surface area (Å²) < 4.78 is 0. The number of amides is 1. The topological polar surface area (TPSA) is 49.3 Å². The smallest absolute Gasteiger partial charge is 0.233 e. The van der Waals surface area contributed by atoms with Crippen LogP contribution >= 0.6 is 23.4 Å². The molecule has 1 saturated carbocycles. The van der Waals surface area contributed by atoms with E-state index in [1.807, 2.05) is 38.1 Å². The number of carbonyl (C=O) groups excluding carboxylic acids is 1. The molecule has 1 aromatic carbocycles. The van der Waals surface area contributed by atoms with Crippen molar-refractivity contribution in [3.05, 3.63) is 29.3 Å². The van der Waals surface area contributed by atoms with Gasteiger partial charge in [0.1, 0.15) is 0 Å². The quantitative estimate of drug-likeness (QED) is 0.793. The Hall–Kier alpha value is -0.710. The molecule has 3 nitrogen and oxygen atoms in total. The van der Waals surface area contributed by atoms with Crippen LogP contribution in [0.15, 0.2) is 29.2 Å². The Morgan fingerprint density at radius 3 is 2.60 bits per heavy atom. The standard InChI is InChI=1S/C15H20ClNO2S/c1-10(20-13-7-5-12(16)6-8-13)14(19)17-15(2,9-18)11-3-4-11/h5-8,10-11,18H,3-4,9H2,1-2H3,(H,17,19). The van der Waals surface area contributed by atoms with Gasteiger partial charge in [0, 0.05) is 9.92 Å². The second kappa shape index (κ2) is 6.37. The van der Waals surface area contributed by atoms with Gasteiger partial charge in [-0.05, 0) is 56.9 Å². The molecule has 1 fully saturated rings. The Balaban J connectivity index is 1.93. The van der Waals surface area contributed by atoms with Gasteiger partial charge < -0.3 is 10.4 Å². The number of aliphatic hydroxyl groups excluding tert-OH is 1. The van der Waals surface area contributed by atoms with Crippen molar-refractivity contribution in [3.8, 4) is 0 Å². The maximum Gasteiger partial charge on any atom is 0.233 e. The highest BCUT2D eigenvalue weighted by Crippen LogP contribution is 2.39. The lowest BCUT2D eigenvalue weighted by Crippen LogP contribution is -2.52. The van der Waals surface area contributed by atoms with Crippen LogP contribution in [0.2, 0.25) is 5.02 Å². The summed E-state index contributed by atoms with van der Waals surface area (Å²) in [5.74, 6) is 0.373. The first-order chi connectivity index (χ1) is 9.44. The number of hydrogen-bond acceptors (Lipinski definition) is 3. The first-order valence-electron chi connectivity index (χ1n) is 6.80. The number of rotatable bonds is 6. The lowest BCUT2D eigenvalue weighted by molar-refractivity contribution is -0.122. The van der Waals surface area contributed by atoms with E-state index in [0.29, 0.717) is 10.9 Å². The normalized spacial score (nSPS) is 19.2. The molecule has 0 bridgehead atoms. The molecule has 2 N–H and O–H groups in total. The van der Waals surface area contributed by atoms with E-state index in [4.69, 9.17) is 11.6 Å². The van der Waals surface area contributed by atoms with E-state index in [9.17, 15) is 9.90 Å². The Labute approximate surface area is 129 Å². The fourth-order valence-electron chi connectivity index (χ4n) is 2.15. The average Bonchev–Trinajstić information content (AvgIpc) is 3.26. The van der Waals surface area contributed by atoms with Gasteiger partial charge in [0.2, 0.25) is 5.91 Å². The fraction of sp³-hybridized carbons (Fsp3) is 0.533. The first-order valence-corrected chi connectivity index (χ1v) is 8.05. The van der Waals surface area contributed by atoms with E-state index < -0.39 is 5.54 Å². The van der Waals surface area contributed by atoms with Crippen LogP contribution in [-0.2, 0) is 4.79 Å². The summed E-state index contributed by atoms with van der Waals surface area (Å²) in [4.78, 5) is 13.3. The van der Waals surface area contributed by atoms with Crippen molar-refractivity contribution in [1.29, 1.82) is 0 Å². The Morgan fingerprint density at radius 1 is 1.50 bits per heavy atom. The van der Waals surface area contributed by atoms with Gasteiger partial charge in [-0.3, -0.25) is 4.79 Å². The van der Waals surface area contributed by atoms with Gasteiger partial charge in [0.05, 0.1) is 17.4 Å². The van der Waals surface area contributed by atoms with Crippen LogP contribution < -0.4 is 5.32 Å². The number of nitrogens with one attached hydrogen (secondary N) is 1. The van der Waals surface area contributed by atoms with Gasteiger partial charge in [-0.15, -0.1) is 11.8 Å². The zero-order valence-electron chi connectivity index (χ0n) is 11.7. The number of halogens is 1. The Bertz CT molecular complexity index is 475. The number of aliphatic hydroxyl groups is 1. The van der Waals surface area contributed by atoms with Crippen molar-refractivity contribution < 1.29 is 9.90 Å². The summed E-state index contributed by atoms with van der Waals surface area (Å²) in [6.07, 6.45) is 2.16. The van der Waals surface area contributed by atoms with Gasteiger partial charge in [0.25, 0.3) is 0 Å². The predicted molar refractivity (Wildman–Crippen MR) is 83.1 cm³/mol. The third-order valence-corrected chi connectivity index (χ3v) is 5.08. The monoisotopic (exact) mass is 313 g/mol. The van der Waals surface area contributed by atoms with Gasteiger partial charge in [-0.25, -0.2) is 0 Å². The molecular weight excluding hydrogens is 294 g/mol. The third-order valence-electron chi connectivity index (χ3n) is 3.71. The molecule has 5 heteroatoms. The highest BCUT2D eigenvalue weighted by Gasteiger charge is 2.42. The minimum Gasteiger partial charge on any atom is -0.394 e. The van der Waals surface area contributed by atoms with Gasteiger partial charge in [-0.2, -0.15) is 0 Å². The van der Waals surface area contributed by atoms with Crippen molar-refractivity contribution in [1.82, 2.24) is 5.32 Å². The summed E-state index contributed by atoms with van der Waals surface area (Å²) in [6, 6.07) is 7.44. The molecule has 0 aromatic heterocycles. The predicted octanol–water partition coefficient (Wildman–Crippen LogP) is 3.10. The van der Waals surface area contributed by atoms with Crippen LogP contribution in [0.1, 0.15) is 26.7 Å². The Morgan fingerprint density at radius 2 is 2.10 bits per heavy atom. The average molecular weight is 314 g/mol. The lowest BCUT2D eigenvalue weighted by Gasteiger charge is -2.30. The number of carbonyl (C=O) groups is 1. The fourth-order valence-corrected chi connectivity index (χ4v) is 3.14. The van der Waals surface area contributed by atoms with Crippen LogP contribution in [0.4, 0.5) is 0 Å². The van der Waals surface area contributed by atoms with Crippen LogP contribution in [0.25, 0.3) is 0 Å². The molecule has 1 aromatic rings. The molecule has 1 aliphatic rings. The summed E-state index contributed by atoms with van der Waals surface area (Å²) in [7, 11) is 0. The zero-order valence-corrected chi connectivity index (χ0v) is 13.3. The molecule has 0 radical (unpaired) electrons. The molecule has 0 saturated heterocycles. The van der Waals surface area contributed by atoms with Crippen LogP contribution in [0, 0.1) is 5.92 Å². The second-order valence-electron chi connectivity index (χ2n) is 5.55. The second-order valence-corrected chi connectivity index (χ2v) is 7.40. The highest BCUT2D eigenvalue weighted by molar-refractivity contribution is 8.00. The maximum atomic E-state index is 12.3. The minimum atomic E-state index is -0.480. The van der Waals surface area contributed by atoms with Crippen molar-refractivity contribution in [3.63, 3.8) is 0 Å².